The third-order valence-corrected chi connectivity index (χ3v) is 6.86. The van der Waals surface area contributed by atoms with E-state index in [4.69, 9.17) is 5.73 Å². The summed E-state index contributed by atoms with van der Waals surface area (Å²) >= 11 is 0. The second-order valence-corrected chi connectivity index (χ2v) is 9.36. The Bertz CT molecular complexity index is 458. The van der Waals surface area contributed by atoms with E-state index in [9.17, 15) is 16.8 Å². The molecule has 0 aromatic rings. The van der Waals surface area contributed by atoms with Crippen molar-refractivity contribution >= 4 is 19.9 Å². The molecule has 0 radical (unpaired) electrons. The predicted octanol–water partition coefficient (Wildman–Crippen LogP) is -0.327. The van der Waals surface area contributed by atoms with Crippen molar-refractivity contribution in [2.45, 2.75) is 25.7 Å². The number of rotatable bonds is 6. The smallest absolute Gasteiger partial charge is 0.226 e. The lowest BCUT2D eigenvalue weighted by atomic mass is 9.79. The molecular weight excluding hydrogens is 276 g/mol. The number of nitrogens with two attached hydrogens (primary N) is 1. The van der Waals surface area contributed by atoms with Crippen LogP contribution < -0.4 is 10.5 Å². The normalized spacial score (nSPS) is 26.1. The molecule has 0 aliphatic heterocycles. The Balaban J connectivity index is 2.53. The molecule has 6 nitrogen and oxygen atoms in total. The Hall–Kier alpha value is -0.180. The molecular formula is C10H22N2O4S2. The summed E-state index contributed by atoms with van der Waals surface area (Å²) in [6, 6.07) is 0. The fourth-order valence-corrected chi connectivity index (χ4v) is 5.48. The highest BCUT2D eigenvalue weighted by molar-refractivity contribution is 8.06. The Morgan fingerprint density at radius 1 is 1.11 bits per heavy atom. The summed E-state index contributed by atoms with van der Waals surface area (Å²) in [4.78, 5) is 0. The second-order valence-electron chi connectivity index (χ2n) is 5.05. The van der Waals surface area contributed by atoms with E-state index in [1.807, 2.05) is 0 Å². The predicted molar refractivity (Wildman–Crippen MR) is 71.1 cm³/mol. The van der Waals surface area contributed by atoms with Gasteiger partial charge in [0.25, 0.3) is 0 Å². The average molecular weight is 298 g/mol. The molecule has 1 saturated carbocycles. The molecule has 0 heterocycles. The molecule has 1 aliphatic carbocycles. The van der Waals surface area contributed by atoms with E-state index in [1.54, 1.807) is 0 Å². The molecule has 0 bridgehead atoms. The van der Waals surface area contributed by atoms with Crippen LogP contribution in [0.15, 0.2) is 0 Å². The van der Waals surface area contributed by atoms with E-state index in [0.717, 1.165) is 31.9 Å². The maximum atomic E-state index is 11.6. The fourth-order valence-electron chi connectivity index (χ4n) is 2.42. The van der Waals surface area contributed by atoms with Crippen LogP contribution in [0.5, 0.6) is 0 Å². The Morgan fingerprint density at radius 2 is 1.67 bits per heavy atom. The lowest BCUT2D eigenvalue weighted by molar-refractivity contribution is 0.245. The first-order chi connectivity index (χ1) is 8.23. The number of sulfone groups is 1. The van der Waals surface area contributed by atoms with E-state index >= 15 is 0 Å². The summed E-state index contributed by atoms with van der Waals surface area (Å²) in [7, 11) is -7.28. The zero-order chi connectivity index (χ0) is 13.8. The van der Waals surface area contributed by atoms with E-state index in [0.29, 0.717) is 19.0 Å². The van der Waals surface area contributed by atoms with E-state index in [1.165, 1.54) is 0 Å². The van der Waals surface area contributed by atoms with Gasteiger partial charge in [0, 0.05) is 12.8 Å². The van der Waals surface area contributed by atoms with E-state index in [2.05, 4.69) is 4.72 Å². The molecule has 1 rings (SSSR count). The van der Waals surface area contributed by atoms with Gasteiger partial charge in [0.05, 0.1) is 0 Å². The van der Waals surface area contributed by atoms with Crippen LogP contribution in [0.2, 0.25) is 0 Å². The van der Waals surface area contributed by atoms with Crippen LogP contribution in [-0.2, 0) is 19.9 Å². The van der Waals surface area contributed by atoms with Gasteiger partial charge in [0.15, 0.2) is 14.9 Å². The van der Waals surface area contributed by atoms with Crippen molar-refractivity contribution in [3.05, 3.63) is 0 Å². The number of nitrogens with one attached hydrogen (secondary N) is 1. The van der Waals surface area contributed by atoms with E-state index < -0.39 is 24.9 Å². The zero-order valence-corrected chi connectivity index (χ0v) is 12.3. The SMILES string of the molecule is CS(=O)(=O)CS(=O)(=O)NCC1CCCCC1CN. The summed E-state index contributed by atoms with van der Waals surface area (Å²) < 4.78 is 47.5. The average Bonchev–Trinajstić information content (AvgIpc) is 2.23. The third-order valence-electron chi connectivity index (χ3n) is 3.30. The molecule has 0 aromatic carbocycles. The van der Waals surface area contributed by atoms with Crippen molar-refractivity contribution in [3.63, 3.8) is 0 Å². The van der Waals surface area contributed by atoms with Crippen molar-refractivity contribution in [2.24, 2.45) is 17.6 Å². The van der Waals surface area contributed by atoms with Gasteiger partial charge in [-0.15, -0.1) is 0 Å². The molecule has 2 unspecified atom stereocenters. The minimum atomic E-state index is -3.75. The molecule has 3 N–H and O–H groups in total. The van der Waals surface area contributed by atoms with Crippen molar-refractivity contribution in [1.82, 2.24) is 4.72 Å². The van der Waals surface area contributed by atoms with E-state index in [-0.39, 0.29) is 5.92 Å². The Kier molecular flexibility index (Phi) is 5.57. The first-order valence-corrected chi connectivity index (χ1v) is 9.80. The third kappa shape index (κ3) is 5.64. The topological polar surface area (TPSA) is 106 Å². The monoisotopic (exact) mass is 298 g/mol. The number of sulfonamides is 1. The summed E-state index contributed by atoms with van der Waals surface area (Å²) in [5.74, 6) is 0.553. The lowest BCUT2D eigenvalue weighted by Crippen LogP contribution is -2.38. The van der Waals surface area contributed by atoms with Gasteiger partial charge in [0.2, 0.25) is 10.0 Å². The lowest BCUT2D eigenvalue weighted by Gasteiger charge is -2.30. The van der Waals surface area contributed by atoms with Crippen molar-refractivity contribution < 1.29 is 16.8 Å². The van der Waals surface area contributed by atoms with Gasteiger partial charge in [-0.05, 0) is 31.2 Å². The van der Waals surface area contributed by atoms with Crippen LogP contribution in [-0.4, -0.2) is 41.3 Å². The standard InChI is InChI=1S/C10H22N2O4S2/c1-17(13,14)8-18(15,16)12-7-10-5-3-2-4-9(10)6-11/h9-10,12H,2-8,11H2,1H3. The van der Waals surface area contributed by atoms with Crippen LogP contribution in [0.4, 0.5) is 0 Å². The second kappa shape index (κ2) is 6.31. The van der Waals surface area contributed by atoms with Crippen molar-refractivity contribution in [1.29, 1.82) is 0 Å². The zero-order valence-electron chi connectivity index (χ0n) is 10.6. The molecule has 0 aromatic heterocycles. The van der Waals surface area contributed by atoms with Crippen LogP contribution in [0.25, 0.3) is 0 Å². The van der Waals surface area contributed by atoms with Crippen molar-refractivity contribution in [3.8, 4) is 0 Å². The van der Waals surface area contributed by atoms with Gasteiger partial charge >= 0.3 is 0 Å². The maximum absolute atomic E-state index is 11.6. The largest absolute Gasteiger partial charge is 0.330 e. The molecule has 0 spiro atoms. The van der Waals surface area contributed by atoms with Gasteiger partial charge in [-0.2, -0.15) is 0 Å². The van der Waals surface area contributed by atoms with Gasteiger partial charge < -0.3 is 5.73 Å². The highest BCUT2D eigenvalue weighted by Gasteiger charge is 2.26. The molecule has 0 amide bonds. The first kappa shape index (κ1) is 15.9. The summed E-state index contributed by atoms with van der Waals surface area (Å²) in [6.07, 6.45) is 5.09. The van der Waals surface area contributed by atoms with Gasteiger partial charge in [0.1, 0.15) is 0 Å². The summed E-state index contributed by atoms with van der Waals surface area (Å²) in [5.41, 5.74) is 5.66. The quantitative estimate of drug-likeness (QED) is 0.698. The van der Waals surface area contributed by atoms with Crippen LogP contribution in [0.1, 0.15) is 25.7 Å². The number of hydrogen-bond acceptors (Lipinski definition) is 5. The molecule has 18 heavy (non-hydrogen) atoms. The highest BCUT2D eigenvalue weighted by Crippen LogP contribution is 2.28. The summed E-state index contributed by atoms with van der Waals surface area (Å²) in [6.45, 7) is 0.845. The summed E-state index contributed by atoms with van der Waals surface area (Å²) in [5, 5.41) is -0.847. The van der Waals surface area contributed by atoms with Crippen LogP contribution in [0, 0.1) is 11.8 Å². The van der Waals surface area contributed by atoms with Crippen LogP contribution >= 0.6 is 0 Å². The van der Waals surface area contributed by atoms with Crippen LogP contribution in [0.3, 0.4) is 0 Å². The van der Waals surface area contributed by atoms with Gasteiger partial charge in [-0.25, -0.2) is 21.6 Å². The minimum absolute atomic E-state index is 0.220. The highest BCUT2D eigenvalue weighted by atomic mass is 32.3. The fraction of sp³-hybridized carbons (Fsp3) is 1.00. The number of hydrogen-bond donors (Lipinski definition) is 2. The Morgan fingerprint density at radius 3 is 2.17 bits per heavy atom. The van der Waals surface area contributed by atoms with Crippen molar-refractivity contribution in [2.75, 3.05) is 24.4 Å². The molecule has 1 aliphatic rings. The Labute approximate surface area is 109 Å². The molecule has 108 valence electrons. The first-order valence-electron chi connectivity index (χ1n) is 6.08. The molecule has 1 fully saturated rings. The minimum Gasteiger partial charge on any atom is -0.330 e. The maximum Gasteiger partial charge on any atom is 0.226 e. The molecule has 8 heteroatoms. The molecule has 2 atom stereocenters. The molecule has 0 saturated heterocycles. The van der Waals surface area contributed by atoms with Gasteiger partial charge in [-0.1, -0.05) is 12.8 Å². The van der Waals surface area contributed by atoms with Gasteiger partial charge in [-0.3, -0.25) is 0 Å².